The molecule has 0 rings (SSSR count). The average Bonchev–Trinajstić information content (AvgIpc) is 0. The molecule has 2 radical (unpaired) electrons. The molecule has 2 nitrogen and oxygen atoms in total. The summed E-state index contributed by atoms with van der Waals surface area (Å²) in [6.07, 6.45) is 0. The fourth-order valence-corrected chi connectivity index (χ4v) is 0. The van der Waals surface area contributed by atoms with Gasteiger partial charge in [0.25, 0.3) is 0 Å². The standard InChI is InChI=1S/CH4.Ca.Mg.2H2O.2H/h1H4;;;2*1H2;;/q;;+2;;;2*-1. The van der Waals surface area contributed by atoms with Gasteiger partial charge in [-0.05, 0) is 0 Å². The first-order chi connectivity index (χ1) is 0. The summed E-state index contributed by atoms with van der Waals surface area (Å²) in [5.41, 5.74) is 0. The maximum Gasteiger partial charge on any atom is 2.00 e. The fraction of sp³-hybridized carbons (Fsp3) is 1.00. The van der Waals surface area contributed by atoms with Gasteiger partial charge >= 0.3 is 23.1 Å². The molecule has 0 aromatic heterocycles. The van der Waals surface area contributed by atoms with Gasteiger partial charge in [0, 0.05) is 37.7 Å². The van der Waals surface area contributed by atoms with Crippen molar-refractivity contribution in [1.82, 2.24) is 0 Å². The van der Waals surface area contributed by atoms with Crippen LogP contribution in [0.4, 0.5) is 0 Å². The van der Waals surface area contributed by atoms with Gasteiger partial charge in [-0.2, -0.15) is 0 Å². The third kappa shape index (κ3) is 24.4. The number of rotatable bonds is 0. The van der Waals surface area contributed by atoms with E-state index in [2.05, 4.69) is 0 Å². The predicted octanol–water partition coefficient (Wildman–Crippen LogP) is -1.55. The molecule has 4 heteroatoms. The topological polar surface area (TPSA) is 63.0 Å². The van der Waals surface area contributed by atoms with Crippen molar-refractivity contribution in [2.45, 2.75) is 7.43 Å². The van der Waals surface area contributed by atoms with E-state index in [1.54, 1.807) is 0 Å². The molecule has 0 saturated carbocycles. The Hall–Kier alpha value is 1.95. The molecular formula is CH10CaMgO2. The van der Waals surface area contributed by atoms with E-state index in [9.17, 15) is 0 Å². The smallest absolute Gasteiger partial charge is 1.00 e. The van der Waals surface area contributed by atoms with Gasteiger partial charge in [-0.3, -0.25) is 0 Å². The Morgan fingerprint density at radius 2 is 1.00 bits per heavy atom. The summed E-state index contributed by atoms with van der Waals surface area (Å²) in [4.78, 5) is 0. The van der Waals surface area contributed by atoms with E-state index in [1.807, 2.05) is 0 Å². The van der Waals surface area contributed by atoms with E-state index >= 15 is 0 Å². The Balaban J connectivity index is 0. The average molecular weight is 118 g/mol. The van der Waals surface area contributed by atoms with Crippen molar-refractivity contribution in [3.05, 3.63) is 0 Å². The quantitative estimate of drug-likeness (QED) is 0.346. The van der Waals surface area contributed by atoms with E-state index < -0.39 is 0 Å². The van der Waals surface area contributed by atoms with E-state index in [-0.39, 0.29) is 82.0 Å². The summed E-state index contributed by atoms with van der Waals surface area (Å²) in [5.74, 6) is 0. The van der Waals surface area contributed by atoms with Crippen LogP contribution in [0.3, 0.4) is 0 Å². The summed E-state index contributed by atoms with van der Waals surface area (Å²) in [5, 5.41) is 0. The second-order valence-electron chi connectivity index (χ2n) is 0. The summed E-state index contributed by atoms with van der Waals surface area (Å²) in [6.45, 7) is 0. The Labute approximate surface area is 81.1 Å². The van der Waals surface area contributed by atoms with Crippen molar-refractivity contribution >= 4 is 60.8 Å². The van der Waals surface area contributed by atoms with Crippen LogP contribution >= 0.6 is 0 Å². The molecule has 5 heavy (non-hydrogen) atoms. The molecule has 0 unspecified atom stereocenters. The van der Waals surface area contributed by atoms with Crippen molar-refractivity contribution in [1.29, 1.82) is 0 Å². The van der Waals surface area contributed by atoms with Crippen molar-refractivity contribution in [3.63, 3.8) is 0 Å². The van der Waals surface area contributed by atoms with Gasteiger partial charge in [-0.1, -0.05) is 7.43 Å². The van der Waals surface area contributed by atoms with Crippen LogP contribution in [-0.2, 0) is 0 Å². The normalized spacial score (nSPS) is 0. The number of hydrogen-bond acceptors (Lipinski definition) is 0. The molecule has 0 aromatic carbocycles. The summed E-state index contributed by atoms with van der Waals surface area (Å²) in [6, 6.07) is 0. The molecular weight excluding hydrogens is 108 g/mol. The first-order valence-corrected chi connectivity index (χ1v) is 0. The molecule has 0 aromatic rings. The Bertz CT molecular complexity index is 15.7. The minimum atomic E-state index is 0. The van der Waals surface area contributed by atoms with E-state index in [4.69, 9.17) is 0 Å². The molecule has 0 aliphatic heterocycles. The van der Waals surface area contributed by atoms with Crippen LogP contribution in [0.2, 0.25) is 0 Å². The van der Waals surface area contributed by atoms with Crippen molar-refractivity contribution in [2.24, 2.45) is 0 Å². The second kappa shape index (κ2) is 38.4. The minimum absolute atomic E-state index is 0. The predicted molar refractivity (Wildman–Crippen MR) is 27.7 cm³/mol. The summed E-state index contributed by atoms with van der Waals surface area (Å²) < 4.78 is 0. The molecule has 30 valence electrons. The van der Waals surface area contributed by atoms with E-state index in [0.717, 1.165) is 0 Å². The van der Waals surface area contributed by atoms with Crippen molar-refractivity contribution < 1.29 is 13.8 Å². The molecule has 4 N–H and O–H groups in total. The maximum absolute atomic E-state index is 0. The number of hydrogen-bond donors (Lipinski definition) is 0. The third-order valence-corrected chi connectivity index (χ3v) is 0. The van der Waals surface area contributed by atoms with Crippen LogP contribution in [0, 0.1) is 0 Å². The Morgan fingerprint density at radius 3 is 1.00 bits per heavy atom. The van der Waals surface area contributed by atoms with Gasteiger partial charge in [-0.15, -0.1) is 0 Å². The summed E-state index contributed by atoms with van der Waals surface area (Å²) in [7, 11) is 0. The zero-order chi connectivity index (χ0) is 0. The molecule has 0 atom stereocenters. The van der Waals surface area contributed by atoms with Gasteiger partial charge in [0.2, 0.25) is 0 Å². The zero-order valence-corrected chi connectivity index (χ0v) is 6.04. The monoisotopic (exact) mass is 118 g/mol. The second-order valence-corrected chi connectivity index (χ2v) is 0. The van der Waals surface area contributed by atoms with Crippen LogP contribution in [0.1, 0.15) is 10.3 Å². The third-order valence-electron chi connectivity index (χ3n) is 0. The summed E-state index contributed by atoms with van der Waals surface area (Å²) >= 11 is 0. The van der Waals surface area contributed by atoms with Gasteiger partial charge in [0.1, 0.15) is 0 Å². The molecule has 0 spiro atoms. The van der Waals surface area contributed by atoms with Gasteiger partial charge in [0.15, 0.2) is 0 Å². The van der Waals surface area contributed by atoms with Gasteiger partial charge in [-0.25, -0.2) is 0 Å². The van der Waals surface area contributed by atoms with E-state index in [0.29, 0.717) is 0 Å². The fourth-order valence-electron chi connectivity index (χ4n) is 0. The van der Waals surface area contributed by atoms with Crippen LogP contribution < -0.4 is 0 Å². The molecule has 0 amide bonds. The first-order valence-electron chi connectivity index (χ1n) is 0. The Morgan fingerprint density at radius 1 is 1.00 bits per heavy atom. The van der Waals surface area contributed by atoms with Crippen molar-refractivity contribution in [3.8, 4) is 0 Å². The van der Waals surface area contributed by atoms with Crippen LogP contribution in [-0.4, -0.2) is 71.7 Å². The van der Waals surface area contributed by atoms with Gasteiger partial charge in [0.05, 0.1) is 0 Å². The van der Waals surface area contributed by atoms with Gasteiger partial charge < -0.3 is 13.8 Å². The molecule has 0 fully saturated rings. The van der Waals surface area contributed by atoms with E-state index in [1.165, 1.54) is 0 Å². The van der Waals surface area contributed by atoms with Crippen molar-refractivity contribution in [2.75, 3.05) is 0 Å². The minimum Gasteiger partial charge on any atom is -1.00 e. The van der Waals surface area contributed by atoms with Crippen LogP contribution in [0.5, 0.6) is 0 Å². The molecule has 0 heterocycles. The zero-order valence-electron chi connectivity index (χ0n) is 4.41. The maximum atomic E-state index is 0. The molecule has 0 saturated heterocycles. The molecule has 0 aliphatic carbocycles. The van der Waals surface area contributed by atoms with Crippen LogP contribution in [0.15, 0.2) is 0 Å². The molecule has 0 aliphatic rings. The van der Waals surface area contributed by atoms with Crippen LogP contribution in [0.25, 0.3) is 0 Å². The molecule has 0 bridgehead atoms. The Kier molecular flexibility index (Phi) is 498. The first kappa shape index (κ1) is 64.8. The largest absolute Gasteiger partial charge is 2.00 e. The SMILES string of the molecule is C.O.O.[Ca].[H-].[H-].[Mg+2].